The third kappa shape index (κ3) is 2.69. The molecular weight excluding hydrogens is 278 g/mol. The number of hydrogen-bond acceptors (Lipinski definition) is 4. The number of benzene rings is 1. The van der Waals surface area contributed by atoms with Gasteiger partial charge in [0.1, 0.15) is 16.5 Å². The van der Waals surface area contributed by atoms with Gasteiger partial charge in [0.25, 0.3) is 0 Å². The van der Waals surface area contributed by atoms with E-state index in [4.69, 9.17) is 11.6 Å². The van der Waals surface area contributed by atoms with Crippen LogP contribution in [0.15, 0.2) is 53.9 Å². The van der Waals surface area contributed by atoms with Crippen LogP contribution < -0.4 is 0 Å². The Balaban J connectivity index is 1.88. The van der Waals surface area contributed by atoms with E-state index in [0.29, 0.717) is 5.15 Å². The summed E-state index contributed by atoms with van der Waals surface area (Å²) in [5.74, 6) is 0.744. The molecule has 2 heterocycles. The minimum atomic E-state index is 0.549. The molecule has 2 aromatic heterocycles. The Morgan fingerprint density at radius 2 is 1.89 bits per heavy atom. The van der Waals surface area contributed by atoms with Crippen molar-refractivity contribution in [3.05, 3.63) is 59.6 Å². The van der Waals surface area contributed by atoms with Gasteiger partial charge in [0.15, 0.2) is 0 Å². The molecule has 0 radical (unpaired) electrons. The number of halogens is 1. The largest absolute Gasteiger partial charge is 0.244 e. The maximum atomic E-state index is 6.05. The third-order valence-electron chi connectivity index (χ3n) is 2.71. The van der Waals surface area contributed by atoms with Gasteiger partial charge in [0.05, 0.1) is 5.52 Å². The molecule has 0 unspecified atom stereocenters. The second-order valence-electron chi connectivity index (χ2n) is 3.94. The van der Waals surface area contributed by atoms with Crippen LogP contribution in [0.25, 0.3) is 10.9 Å². The first kappa shape index (κ1) is 12.4. The molecule has 94 valence electrons. The van der Waals surface area contributed by atoms with Crippen LogP contribution in [0.4, 0.5) is 0 Å². The summed E-state index contributed by atoms with van der Waals surface area (Å²) in [7, 11) is 0. The van der Waals surface area contributed by atoms with E-state index < -0.39 is 0 Å². The highest BCUT2D eigenvalue weighted by atomic mass is 35.5. The minimum Gasteiger partial charge on any atom is -0.244 e. The fraction of sp³-hybridized carbons (Fsp3) is 0.0714. The molecule has 0 amide bonds. The van der Waals surface area contributed by atoms with Crippen LogP contribution in [0.5, 0.6) is 0 Å². The quantitative estimate of drug-likeness (QED) is 0.415. The van der Waals surface area contributed by atoms with Crippen molar-refractivity contribution < 1.29 is 0 Å². The van der Waals surface area contributed by atoms with Gasteiger partial charge >= 0.3 is 0 Å². The second-order valence-corrected chi connectivity index (χ2v) is 5.26. The number of pyridine rings is 1. The Bertz CT molecular complexity index is 712. The molecule has 3 nitrogen and oxygen atoms in total. The third-order valence-corrected chi connectivity index (χ3v) is 4.10. The maximum Gasteiger partial charge on any atom is 0.133 e. The lowest BCUT2D eigenvalue weighted by Gasteiger charge is -2.05. The zero-order valence-corrected chi connectivity index (χ0v) is 11.5. The predicted octanol–water partition coefficient (Wildman–Crippen LogP) is 3.97. The van der Waals surface area contributed by atoms with E-state index >= 15 is 0 Å². The molecule has 0 atom stereocenters. The smallest absolute Gasteiger partial charge is 0.133 e. The highest BCUT2D eigenvalue weighted by Gasteiger charge is 2.06. The van der Waals surface area contributed by atoms with E-state index in [1.165, 1.54) is 0 Å². The van der Waals surface area contributed by atoms with E-state index in [2.05, 4.69) is 15.0 Å². The van der Waals surface area contributed by atoms with Crippen molar-refractivity contribution in [2.24, 2.45) is 0 Å². The Morgan fingerprint density at radius 1 is 1.00 bits per heavy atom. The monoisotopic (exact) mass is 287 g/mol. The average molecular weight is 288 g/mol. The Morgan fingerprint density at radius 3 is 2.79 bits per heavy atom. The van der Waals surface area contributed by atoms with Crippen LogP contribution in [0.1, 0.15) is 5.56 Å². The van der Waals surface area contributed by atoms with E-state index in [1.807, 2.05) is 36.4 Å². The van der Waals surface area contributed by atoms with Crippen molar-refractivity contribution >= 4 is 34.3 Å². The fourth-order valence-corrected chi connectivity index (χ4v) is 3.01. The topological polar surface area (TPSA) is 38.7 Å². The molecule has 19 heavy (non-hydrogen) atoms. The first-order valence-corrected chi connectivity index (χ1v) is 7.13. The van der Waals surface area contributed by atoms with Gasteiger partial charge in [-0.1, -0.05) is 35.9 Å². The van der Waals surface area contributed by atoms with Crippen molar-refractivity contribution in [2.75, 3.05) is 0 Å². The summed E-state index contributed by atoms with van der Waals surface area (Å²) in [6.07, 6.45) is 3.28. The molecule has 0 bridgehead atoms. The molecule has 3 rings (SSSR count). The summed E-state index contributed by atoms with van der Waals surface area (Å²) in [6.45, 7) is 0. The van der Waals surface area contributed by atoms with Gasteiger partial charge in [0, 0.05) is 17.3 Å². The van der Waals surface area contributed by atoms with Crippen molar-refractivity contribution in [1.82, 2.24) is 15.0 Å². The van der Waals surface area contributed by atoms with Gasteiger partial charge < -0.3 is 0 Å². The van der Waals surface area contributed by atoms with Gasteiger partial charge in [-0.3, -0.25) is 0 Å². The average Bonchev–Trinajstić information content (AvgIpc) is 2.46. The molecule has 5 heteroatoms. The van der Waals surface area contributed by atoms with Gasteiger partial charge in [-0.15, -0.1) is 11.8 Å². The highest BCUT2D eigenvalue weighted by Crippen LogP contribution is 2.28. The van der Waals surface area contributed by atoms with Crippen LogP contribution in [0.2, 0.25) is 5.15 Å². The Kier molecular flexibility index (Phi) is 3.62. The number of aromatic nitrogens is 3. The van der Waals surface area contributed by atoms with Crippen LogP contribution in [0.3, 0.4) is 0 Å². The summed E-state index contributed by atoms with van der Waals surface area (Å²) in [5, 5.41) is 2.58. The van der Waals surface area contributed by atoms with Crippen molar-refractivity contribution in [1.29, 1.82) is 0 Å². The molecule has 1 aromatic carbocycles. The molecule has 3 aromatic rings. The normalized spacial score (nSPS) is 10.8. The first-order chi connectivity index (χ1) is 9.34. The molecule has 0 saturated heterocycles. The molecule has 0 N–H and O–H groups in total. The summed E-state index contributed by atoms with van der Waals surface area (Å²) < 4.78 is 0. The number of rotatable bonds is 3. The summed E-state index contributed by atoms with van der Waals surface area (Å²) in [5.41, 5.74) is 1.97. The van der Waals surface area contributed by atoms with Crippen molar-refractivity contribution in [2.45, 2.75) is 10.8 Å². The Hall–Kier alpha value is -1.65. The van der Waals surface area contributed by atoms with Crippen molar-refractivity contribution in [3.8, 4) is 0 Å². The number of fused-ring (bicyclic) bond motifs is 1. The lowest BCUT2D eigenvalue weighted by Crippen LogP contribution is -1.89. The van der Waals surface area contributed by atoms with Crippen LogP contribution >= 0.6 is 23.4 Å². The molecule has 0 aliphatic heterocycles. The van der Waals surface area contributed by atoms with Gasteiger partial charge in [-0.2, -0.15) is 0 Å². The van der Waals surface area contributed by atoms with Crippen molar-refractivity contribution in [3.63, 3.8) is 0 Å². The number of hydrogen-bond donors (Lipinski definition) is 0. The number of thioether (sulfide) groups is 1. The van der Waals surface area contributed by atoms with Crippen LogP contribution in [-0.2, 0) is 5.75 Å². The fourth-order valence-electron chi connectivity index (χ4n) is 1.77. The number of nitrogens with zero attached hydrogens (tertiary/aromatic N) is 3. The number of para-hydroxylation sites is 1. The van der Waals surface area contributed by atoms with Gasteiger partial charge in [0.2, 0.25) is 0 Å². The SMILES string of the molecule is Clc1ncccc1CSc1ncnc2ccccc12. The maximum absolute atomic E-state index is 6.05. The molecule has 0 aliphatic rings. The minimum absolute atomic E-state index is 0.549. The molecule has 0 saturated carbocycles. The zero-order valence-electron chi connectivity index (χ0n) is 9.95. The molecule has 0 spiro atoms. The summed E-state index contributed by atoms with van der Waals surface area (Å²) in [4.78, 5) is 12.7. The Labute approximate surface area is 120 Å². The highest BCUT2D eigenvalue weighted by molar-refractivity contribution is 7.98. The standard InChI is InChI=1S/C14H10ClN3S/c15-13-10(4-3-7-16-13)8-19-14-11-5-1-2-6-12(11)17-9-18-14/h1-7,9H,8H2. The van der Waals surface area contributed by atoms with E-state index in [-0.39, 0.29) is 0 Å². The van der Waals surface area contributed by atoms with Gasteiger partial charge in [-0.05, 0) is 17.7 Å². The van der Waals surface area contributed by atoms with E-state index in [0.717, 1.165) is 27.2 Å². The summed E-state index contributed by atoms with van der Waals surface area (Å²) in [6, 6.07) is 11.8. The van der Waals surface area contributed by atoms with E-state index in [9.17, 15) is 0 Å². The predicted molar refractivity (Wildman–Crippen MR) is 78.3 cm³/mol. The second kappa shape index (κ2) is 5.55. The van der Waals surface area contributed by atoms with Crippen LogP contribution in [-0.4, -0.2) is 15.0 Å². The molecule has 0 fully saturated rings. The molecule has 0 aliphatic carbocycles. The van der Waals surface area contributed by atoms with Crippen LogP contribution in [0, 0.1) is 0 Å². The lowest BCUT2D eigenvalue weighted by atomic mass is 10.2. The lowest BCUT2D eigenvalue weighted by molar-refractivity contribution is 1.10. The zero-order chi connectivity index (χ0) is 13.1. The van der Waals surface area contributed by atoms with Gasteiger partial charge in [-0.25, -0.2) is 15.0 Å². The van der Waals surface area contributed by atoms with E-state index in [1.54, 1.807) is 24.3 Å². The first-order valence-electron chi connectivity index (χ1n) is 5.76. The molecular formula is C14H10ClN3S. The summed E-state index contributed by atoms with van der Waals surface area (Å²) >= 11 is 7.69.